The van der Waals surface area contributed by atoms with Crippen molar-refractivity contribution in [2.45, 2.75) is 13.5 Å². The zero-order chi connectivity index (χ0) is 13.7. The van der Waals surface area contributed by atoms with Crippen LogP contribution in [0.15, 0.2) is 30.3 Å². The summed E-state index contributed by atoms with van der Waals surface area (Å²) in [4.78, 5) is 11.2. The average Bonchev–Trinajstić information content (AvgIpc) is 2.84. The van der Waals surface area contributed by atoms with Gasteiger partial charge in [0.25, 0.3) is 0 Å². The molecule has 0 bridgehead atoms. The van der Waals surface area contributed by atoms with E-state index in [9.17, 15) is 9.90 Å². The van der Waals surface area contributed by atoms with Gasteiger partial charge >= 0.3 is 5.97 Å². The van der Waals surface area contributed by atoms with Crippen LogP contribution in [0.4, 0.5) is 0 Å². The van der Waals surface area contributed by atoms with E-state index >= 15 is 0 Å². The van der Waals surface area contributed by atoms with E-state index < -0.39 is 5.97 Å². The summed E-state index contributed by atoms with van der Waals surface area (Å²) in [5, 5.41) is 16.9. The van der Waals surface area contributed by atoms with Crippen molar-refractivity contribution >= 4 is 17.7 Å². The average molecular weight is 277 g/mol. The number of thioether (sulfide) groups is 1. The minimum atomic E-state index is -1.05. The van der Waals surface area contributed by atoms with Gasteiger partial charge in [0.1, 0.15) is 5.69 Å². The molecule has 0 saturated heterocycles. The number of benzene rings is 1. The highest BCUT2D eigenvalue weighted by Crippen LogP contribution is 2.22. The number of hydrogen-bond donors (Lipinski definition) is 1. The third-order valence-electron chi connectivity index (χ3n) is 2.64. The SMILES string of the molecule is CCSCCn1nnc(C(=O)O)c1-c1ccccc1. The van der Waals surface area contributed by atoms with Crippen molar-refractivity contribution in [3.05, 3.63) is 36.0 Å². The molecule has 0 saturated carbocycles. The maximum atomic E-state index is 11.2. The van der Waals surface area contributed by atoms with Crippen LogP contribution in [0.3, 0.4) is 0 Å². The van der Waals surface area contributed by atoms with Crippen LogP contribution in [0.5, 0.6) is 0 Å². The van der Waals surface area contributed by atoms with E-state index in [0.717, 1.165) is 17.1 Å². The highest BCUT2D eigenvalue weighted by atomic mass is 32.2. The van der Waals surface area contributed by atoms with Crippen molar-refractivity contribution in [2.75, 3.05) is 11.5 Å². The summed E-state index contributed by atoms with van der Waals surface area (Å²) >= 11 is 1.79. The summed E-state index contributed by atoms with van der Waals surface area (Å²) in [5.74, 6) is 0.869. The Labute approximate surface area is 115 Å². The second kappa shape index (κ2) is 6.38. The first kappa shape index (κ1) is 13.6. The van der Waals surface area contributed by atoms with E-state index in [1.807, 2.05) is 30.3 Å². The minimum absolute atomic E-state index is 0.00713. The van der Waals surface area contributed by atoms with Gasteiger partial charge in [-0.05, 0) is 5.75 Å². The molecule has 2 aromatic rings. The monoisotopic (exact) mass is 277 g/mol. The molecule has 0 aliphatic heterocycles. The van der Waals surface area contributed by atoms with Crippen LogP contribution in [-0.4, -0.2) is 37.6 Å². The van der Waals surface area contributed by atoms with Crippen LogP contribution >= 0.6 is 11.8 Å². The molecule has 0 fully saturated rings. The molecule has 100 valence electrons. The zero-order valence-corrected chi connectivity index (χ0v) is 11.4. The predicted molar refractivity (Wildman–Crippen MR) is 75.4 cm³/mol. The van der Waals surface area contributed by atoms with Crippen LogP contribution < -0.4 is 0 Å². The van der Waals surface area contributed by atoms with E-state index in [0.29, 0.717) is 12.2 Å². The molecule has 1 N–H and O–H groups in total. The standard InChI is InChI=1S/C13H15N3O2S/c1-2-19-9-8-16-12(10-6-4-3-5-7-10)11(13(17)18)14-15-16/h3-7H,2,8-9H2,1H3,(H,17,18). The molecule has 0 aliphatic rings. The zero-order valence-electron chi connectivity index (χ0n) is 10.6. The lowest BCUT2D eigenvalue weighted by atomic mass is 10.1. The third kappa shape index (κ3) is 3.14. The van der Waals surface area contributed by atoms with E-state index in [1.54, 1.807) is 16.4 Å². The number of rotatable bonds is 6. The summed E-state index contributed by atoms with van der Waals surface area (Å²) in [6.45, 7) is 2.75. The fourth-order valence-corrected chi connectivity index (χ4v) is 2.38. The van der Waals surface area contributed by atoms with E-state index in [4.69, 9.17) is 0 Å². The second-order valence-corrected chi connectivity index (χ2v) is 5.27. The maximum Gasteiger partial charge on any atom is 0.358 e. The Hall–Kier alpha value is -1.82. The van der Waals surface area contributed by atoms with Crippen molar-refractivity contribution in [3.63, 3.8) is 0 Å². The molecule has 19 heavy (non-hydrogen) atoms. The lowest BCUT2D eigenvalue weighted by Crippen LogP contribution is -2.06. The summed E-state index contributed by atoms with van der Waals surface area (Å²) in [5.41, 5.74) is 1.41. The molecule has 0 radical (unpaired) electrons. The summed E-state index contributed by atoms with van der Waals surface area (Å²) in [6, 6.07) is 9.38. The number of aryl methyl sites for hydroxylation is 1. The molecule has 1 heterocycles. The Morgan fingerprint density at radius 1 is 1.37 bits per heavy atom. The minimum Gasteiger partial charge on any atom is -0.476 e. The summed E-state index contributed by atoms with van der Waals surface area (Å²) in [6.07, 6.45) is 0. The lowest BCUT2D eigenvalue weighted by molar-refractivity contribution is 0.0691. The third-order valence-corrected chi connectivity index (χ3v) is 3.52. The highest BCUT2D eigenvalue weighted by Gasteiger charge is 2.19. The molecule has 6 heteroatoms. The number of hydrogen-bond acceptors (Lipinski definition) is 4. The Morgan fingerprint density at radius 2 is 2.11 bits per heavy atom. The molecule has 0 spiro atoms. The normalized spacial score (nSPS) is 10.6. The second-order valence-electron chi connectivity index (χ2n) is 3.88. The largest absolute Gasteiger partial charge is 0.476 e. The molecule has 2 rings (SSSR count). The number of nitrogens with zero attached hydrogens (tertiary/aromatic N) is 3. The maximum absolute atomic E-state index is 11.2. The first-order valence-corrected chi connectivity index (χ1v) is 7.19. The van der Waals surface area contributed by atoms with E-state index in [2.05, 4.69) is 17.2 Å². The van der Waals surface area contributed by atoms with Gasteiger partial charge in [-0.2, -0.15) is 11.8 Å². The van der Waals surface area contributed by atoms with Gasteiger partial charge in [0.2, 0.25) is 0 Å². The molecular weight excluding hydrogens is 262 g/mol. The first-order valence-electron chi connectivity index (χ1n) is 6.04. The Morgan fingerprint density at radius 3 is 2.74 bits per heavy atom. The Kier molecular flexibility index (Phi) is 4.57. The lowest BCUT2D eigenvalue weighted by Gasteiger charge is -2.06. The topological polar surface area (TPSA) is 68.0 Å². The van der Waals surface area contributed by atoms with E-state index in [-0.39, 0.29) is 5.69 Å². The van der Waals surface area contributed by atoms with Gasteiger partial charge in [-0.15, -0.1) is 5.10 Å². The van der Waals surface area contributed by atoms with Crippen molar-refractivity contribution in [1.82, 2.24) is 15.0 Å². The van der Waals surface area contributed by atoms with Gasteiger partial charge in [0.05, 0.1) is 6.54 Å². The molecule has 1 aromatic carbocycles. The van der Waals surface area contributed by atoms with Crippen molar-refractivity contribution < 1.29 is 9.90 Å². The molecule has 1 aromatic heterocycles. The number of aromatic carboxylic acids is 1. The molecule has 0 aliphatic carbocycles. The molecular formula is C13H15N3O2S. The number of carboxylic acids is 1. The first-order chi connectivity index (χ1) is 9.24. The van der Waals surface area contributed by atoms with E-state index in [1.165, 1.54) is 0 Å². The van der Waals surface area contributed by atoms with Gasteiger partial charge in [0, 0.05) is 11.3 Å². The van der Waals surface area contributed by atoms with Crippen molar-refractivity contribution in [2.24, 2.45) is 0 Å². The molecule has 0 amide bonds. The number of carbonyl (C=O) groups is 1. The Balaban J connectivity index is 2.37. The predicted octanol–water partition coefficient (Wildman–Crippen LogP) is 2.40. The smallest absolute Gasteiger partial charge is 0.358 e. The highest BCUT2D eigenvalue weighted by molar-refractivity contribution is 7.99. The molecule has 0 atom stereocenters. The number of carboxylic acid groups (broad SMARTS) is 1. The summed E-state index contributed by atoms with van der Waals surface area (Å²) < 4.78 is 1.67. The fourth-order valence-electron chi connectivity index (χ4n) is 1.79. The van der Waals surface area contributed by atoms with Crippen LogP contribution in [0.1, 0.15) is 17.4 Å². The van der Waals surface area contributed by atoms with Gasteiger partial charge in [-0.25, -0.2) is 9.48 Å². The van der Waals surface area contributed by atoms with Crippen LogP contribution in [0.25, 0.3) is 11.3 Å². The number of aromatic nitrogens is 3. The van der Waals surface area contributed by atoms with Crippen molar-refractivity contribution in [1.29, 1.82) is 0 Å². The fraction of sp³-hybridized carbons (Fsp3) is 0.308. The van der Waals surface area contributed by atoms with Crippen LogP contribution in [-0.2, 0) is 6.54 Å². The van der Waals surface area contributed by atoms with Gasteiger partial charge in [-0.1, -0.05) is 42.5 Å². The molecule has 5 nitrogen and oxygen atoms in total. The van der Waals surface area contributed by atoms with Gasteiger partial charge < -0.3 is 5.11 Å². The van der Waals surface area contributed by atoms with Gasteiger partial charge in [0.15, 0.2) is 5.69 Å². The summed E-state index contributed by atoms with van der Waals surface area (Å²) in [7, 11) is 0. The Bertz CT molecular complexity index is 554. The van der Waals surface area contributed by atoms with Crippen molar-refractivity contribution in [3.8, 4) is 11.3 Å². The quantitative estimate of drug-likeness (QED) is 0.821. The van der Waals surface area contributed by atoms with Crippen LogP contribution in [0, 0.1) is 0 Å². The molecule has 0 unspecified atom stereocenters. The van der Waals surface area contributed by atoms with Gasteiger partial charge in [-0.3, -0.25) is 0 Å². The van der Waals surface area contributed by atoms with Crippen LogP contribution in [0.2, 0.25) is 0 Å².